The molecule has 1 aromatic carbocycles. The number of hydrogen-bond donors (Lipinski definition) is 2. The minimum atomic E-state index is -0.675. The number of rotatable bonds is 8. The van der Waals surface area contributed by atoms with E-state index in [9.17, 15) is 23.6 Å². The summed E-state index contributed by atoms with van der Waals surface area (Å²) in [6, 6.07) is 10.6. The van der Waals surface area contributed by atoms with E-state index in [0.717, 1.165) is 20.8 Å². The van der Waals surface area contributed by atoms with Crippen LogP contribution in [0.5, 0.6) is 0 Å². The molecule has 8 nitrogen and oxygen atoms in total. The van der Waals surface area contributed by atoms with Crippen molar-refractivity contribution in [2.45, 2.75) is 26.1 Å². The van der Waals surface area contributed by atoms with Gasteiger partial charge in [0.2, 0.25) is 11.8 Å². The largest absolute Gasteiger partial charge is 0.351 e. The highest BCUT2D eigenvalue weighted by Crippen LogP contribution is 2.16. The van der Waals surface area contributed by atoms with Crippen LogP contribution >= 0.6 is 22.7 Å². The number of fused-ring (bicyclic) bond motifs is 1. The van der Waals surface area contributed by atoms with Crippen molar-refractivity contribution in [3.05, 3.63) is 84.8 Å². The summed E-state index contributed by atoms with van der Waals surface area (Å²) in [5.74, 6) is -1.23. The van der Waals surface area contributed by atoms with Crippen molar-refractivity contribution in [2.75, 3.05) is 5.32 Å². The van der Waals surface area contributed by atoms with Crippen molar-refractivity contribution >= 4 is 50.4 Å². The molecule has 0 radical (unpaired) electrons. The number of carbonyl (C=O) groups is 2. The van der Waals surface area contributed by atoms with Crippen LogP contribution in [0.3, 0.4) is 0 Å². The molecule has 3 aromatic heterocycles. The summed E-state index contributed by atoms with van der Waals surface area (Å²) in [5, 5.41) is 8.94. The van der Waals surface area contributed by atoms with Gasteiger partial charge in [-0.15, -0.1) is 22.7 Å². The molecule has 0 fully saturated rings. The molecule has 0 aliphatic rings. The standard InChI is InChI=1S/C22H19FN4O4S2/c23-14-3-5-15(6-4-14)25-19(29)13-27-17-8-11-33-20(17)21(30)26(22(27)31)9-7-18(28)24-12-16-2-1-10-32-16/h1-6,8,10-11H,7,9,12-13H2,(H,24,28)(H,25,29). The Kier molecular flexibility index (Phi) is 6.80. The maximum atomic E-state index is 13.1. The van der Waals surface area contributed by atoms with E-state index in [-0.39, 0.29) is 25.4 Å². The summed E-state index contributed by atoms with van der Waals surface area (Å²) in [7, 11) is 0. The minimum absolute atomic E-state index is 0.0564. The fraction of sp³-hybridized carbons (Fsp3) is 0.182. The Morgan fingerprint density at radius 2 is 1.73 bits per heavy atom. The summed E-state index contributed by atoms with van der Waals surface area (Å²) in [5.41, 5.74) is -0.438. The molecular formula is C22H19FN4O4S2. The van der Waals surface area contributed by atoms with E-state index < -0.39 is 23.0 Å². The van der Waals surface area contributed by atoms with E-state index in [4.69, 9.17) is 0 Å². The van der Waals surface area contributed by atoms with Gasteiger partial charge in [0.1, 0.15) is 17.1 Å². The van der Waals surface area contributed by atoms with Crippen molar-refractivity contribution in [3.63, 3.8) is 0 Å². The van der Waals surface area contributed by atoms with Gasteiger partial charge in [0.25, 0.3) is 5.56 Å². The molecule has 0 saturated carbocycles. The van der Waals surface area contributed by atoms with E-state index in [0.29, 0.717) is 22.4 Å². The van der Waals surface area contributed by atoms with Gasteiger partial charge in [0.05, 0.1) is 12.1 Å². The molecule has 2 N–H and O–H groups in total. The predicted molar refractivity (Wildman–Crippen MR) is 126 cm³/mol. The molecule has 4 aromatic rings. The average molecular weight is 487 g/mol. The van der Waals surface area contributed by atoms with Crippen LogP contribution in [0, 0.1) is 5.82 Å². The lowest BCUT2D eigenvalue weighted by Gasteiger charge is -2.12. The monoisotopic (exact) mass is 486 g/mol. The zero-order valence-corrected chi connectivity index (χ0v) is 18.9. The summed E-state index contributed by atoms with van der Waals surface area (Å²) >= 11 is 2.68. The van der Waals surface area contributed by atoms with Crippen LogP contribution in [0.25, 0.3) is 10.2 Å². The van der Waals surface area contributed by atoms with Crippen LogP contribution in [0.4, 0.5) is 10.1 Å². The van der Waals surface area contributed by atoms with Crippen molar-refractivity contribution in [2.24, 2.45) is 0 Å². The van der Waals surface area contributed by atoms with Gasteiger partial charge in [0.15, 0.2) is 0 Å². The Balaban J connectivity index is 1.52. The number of nitrogens with zero attached hydrogens (tertiary/aromatic N) is 2. The minimum Gasteiger partial charge on any atom is -0.351 e. The highest BCUT2D eigenvalue weighted by molar-refractivity contribution is 7.17. The summed E-state index contributed by atoms with van der Waals surface area (Å²) in [4.78, 5) is 51.6. The van der Waals surface area contributed by atoms with Crippen molar-refractivity contribution in [3.8, 4) is 0 Å². The molecule has 0 atom stereocenters. The second-order valence-corrected chi connectivity index (χ2v) is 9.07. The lowest BCUT2D eigenvalue weighted by atomic mass is 10.3. The Morgan fingerprint density at radius 1 is 0.939 bits per heavy atom. The third-order valence-corrected chi connectivity index (χ3v) is 6.64. The van der Waals surface area contributed by atoms with Crippen LogP contribution in [0.2, 0.25) is 0 Å². The van der Waals surface area contributed by atoms with E-state index >= 15 is 0 Å². The normalized spacial score (nSPS) is 10.9. The molecular weight excluding hydrogens is 467 g/mol. The molecule has 170 valence electrons. The topological polar surface area (TPSA) is 102 Å². The number of aromatic nitrogens is 2. The van der Waals surface area contributed by atoms with E-state index in [2.05, 4.69) is 10.6 Å². The van der Waals surface area contributed by atoms with Gasteiger partial charge in [0, 0.05) is 23.5 Å². The molecule has 0 bridgehead atoms. The first kappa shape index (κ1) is 22.6. The number of benzene rings is 1. The van der Waals surface area contributed by atoms with E-state index in [1.54, 1.807) is 11.4 Å². The van der Waals surface area contributed by atoms with Gasteiger partial charge in [-0.25, -0.2) is 9.18 Å². The fourth-order valence-electron chi connectivity index (χ4n) is 3.26. The van der Waals surface area contributed by atoms with Gasteiger partial charge in [-0.2, -0.15) is 0 Å². The van der Waals surface area contributed by atoms with Crippen LogP contribution in [0.1, 0.15) is 11.3 Å². The Morgan fingerprint density at radius 3 is 2.45 bits per heavy atom. The number of nitrogens with one attached hydrogen (secondary N) is 2. The number of anilines is 1. The van der Waals surface area contributed by atoms with Crippen molar-refractivity contribution in [1.82, 2.24) is 14.5 Å². The molecule has 0 aliphatic heterocycles. The maximum Gasteiger partial charge on any atom is 0.332 e. The highest BCUT2D eigenvalue weighted by atomic mass is 32.1. The molecule has 11 heteroatoms. The average Bonchev–Trinajstić information content (AvgIpc) is 3.49. The van der Waals surface area contributed by atoms with Gasteiger partial charge in [-0.05, 0) is 47.2 Å². The Bertz CT molecular complexity index is 1410. The van der Waals surface area contributed by atoms with Crippen LogP contribution < -0.4 is 21.9 Å². The number of thiophene rings is 2. The molecule has 0 aliphatic carbocycles. The summed E-state index contributed by atoms with van der Waals surface area (Å²) < 4.78 is 15.6. The third-order valence-electron chi connectivity index (χ3n) is 4.87. The van der Waals surface area contributed by atoms with Gasteiger partial charge in [-0.1, -0.05) is 6.07 Å². The second-order valence-electron chi connectivity index (χ2n) is 7.12. The molecule has 33 heavy (non-hydrogen) atoms. The first-order chi connectivity index (χ1) is 15.9. The lowest BCUT2D eigenvalue weighted by Crippen LogP contribution is -2.42. The first-order valence-electron chi connectivity index (χ1n) is 9.97. The number of carbonyl (C=O) groups excluding carboxylic acids is 2. The van der Waals surface area contributed by atoms with Crippen molar-refractivity contribution < 1.29 is 14.0 Å². The molecule has 2 amide bonds. The van der Waals surface area contributed by atoms with Crippen LogP contribution in [-0.4, -0.2) is 20.9 Å². The van der Waals surface area contributed by atoms with Gasteiger partial charge in [-0.3, -0.25) is 23.5 Å². The van der Waals surface area contributed by atoms with E-state index in [1.165, 1.54) is 40.2 Å². The smallest absolute Gasteiger partial charge is 0.332 e. The Labute approximate surface area is 194 Å². The lowest BCUT2D eigenvalue weighted by molar-refractivity contribution is -0.121. The molecule has 4 rings (SSSR count). The van der Waals surface area contributed by atoms with Gasteiger partial charge < -0.3 is 10.6 Å². The number of hydrogen-bond acceptors (Lipinski definition) is 6. The molecule has 0 spiro atoms. The Hall–Kier alpha value is -3.57. The predicted octanol–water partition coefficient (Wildman–Crippen LogP) is 2.77. The van der Waals surface area contributed by atoms with Crippen LogP contribution in [0.15, 0.2) is 62.8 Å². The number of amides is 2. The maximum absolute atomic E-state index is 13.1. The quantitative estimate of drug-likeness (QED) is 0.400. The zero-order chi connectivity index (χ0) is 23.4. The molecule has 0 unspecified atom stereocenters. The fourth-order valence-corrected chi connectivity index (χ4v) is 4.75. The highest BCUT2D eigenvalue weighted by Gasteiger charge is 2.17. The third kappa shape index (κ3) is 5.26. The SMILES string of the molecule is O=C(CCn1c(=O)c2sccc2n(CC(=O)Nc2ccc(F)cc2)c1=O)NCc1cccs1. The number of halogens is 1. The van der Waals surface area contributed by atoms with Gasteiger partial charge >= 0.3 is 5.69 Å². The second kappa shape index (κ2) is 9.92. The van der Waals surface area contributed by atoms with Crippen LogP contribution in [-0.2, 0) is 29.2 Å². The van der Waals surface area contributed by atoms with Crippen molar-refractivity contribution in [1.29, 1.82) is 0 Å². The first-order valence-corrected chi connectivity index (χ1v) is 11.7. The molecule has 0 saturated heterocycles. The zero-order valence-electron chi connectivity index (χ0n) is 17.2. The summed E-state index contributed by atoms with van der Waals surface area (Å²) in [6.45, 7) is -0.0706. The molecule has 3 heterocycles. The summed E-state index contributed by atoms with van der Waals surface area (Å²) in [6.07, 6.45) is -0.0564. The van der Waals surface area contributed by atoms with E-state index in [1.807, 2.05) is 17.5 Å².